The zero-order chi connectivity index (χ0) is 22.3. The van der Waals surface area contributed by atoms with E-state index in [2.05, 4.69) is 10.2 Å². The van der Waals surface area contributed by atoms with E-state index in [1.165, 1.54) is 32.4 Å². The highest BCUT2D eigenvalue weighted by molar-refractivity contribution is 8.00. The molecule has 2 amide bonds. The lowest BCUT2D eigenvalue weighted by Gasteiger charge is -2.26. The average molecular weight is 472 g/mol. The van der Waals surface area contributed by atoms with Crippen LogP contribution in [0.25, 0.3) is 0 Å². The van der Waals surface area contributed by atoms with Crippen LogP contribution in [0.5, 0.6) is 0 Å². The van der Waals surface area contributed by atoms with E-state index in [1.807, 2.05) is 53.4 Å². The van der Waals surface area contributed by atoms with Gasteiger partial charge in [0.05, 0.1) is 5.75 Å². The predicted molar refractivity (Wildman–Crippen MR) is 131 cm³/mol. The number of carbonyl (C=O) groups excluding carboxylic acids is 2. The molecule has 0 spiro atoms. The zero-order valence-electron chi connectivity index (χ0n) is 18.3. The van der Waals surface area contributed by atoms with Crippen molar-refractivity contribution in [2.75, 3.05) is 31.9 Å². The number of halogens is 1. The first-order valence-corrected chi connectivity index (χ1v) is 12.8. The van der Waals surface area contributed by atoms with Crippen LogP contribution in [0.3, 0.4) is 0 Å². The Balaban J connectivity index is 1.30. The summed E-state index contributed by atoms with van der Waals surface area (Å²) >= 11 is 7.60. The third-order valence-electron chi connectivity index (χ3n) is 6.08. The molecule has 2 aromatic carbocycles. The molecule has 0 saturated carbocycles. The Bertz CT molecular complexity index is 914. The van der Waals surface area contributed by atoms with Gasteiger partial charge in [-0.1, -0.05) is 42.3 Å². The number of nitrogens with zero attached hydrogens (tertiary/aromatic N) is 2. The van der Waals surface area contributed by atoms with E-state index in [0.717, 1.165) is 24.1 Å². The van der Waals surface area contributed by atoms with Gasteiger partial charge in [-0.05, 0) is 74.3 Å². The largest absolute Gasteiger partial charge is 0.352 e. The summed E-state index contributed by atoms with van der Waals surface area (Å²) in [4.78, 5) is 29.4. The highest BCUT2D eigenvalue weighted by Gasteiger charge is 2.32. The van der Waals surface area contributed by atoms with Gasteiger partial charge < -0.3 is 15.1 Å². The second-order valence-electron chi connectivity index (χ2n) is 8.45. The van der Waals surface area contributed by atoms with Gasteiger partial charge in [0.15, 0.2) is 0 Å². The Morgan fingerprint density at radius 2 is 1.75 bits per heavy atom. The number of hydrogen-bond acceptors (Lipinski definition) is 4. The molecule has 4 rings (SSSR count). The summed E-state index contributed by atoms with van der Waals surface area (Å²) in [5.41, 5.74) is 2.75. The maximum atomic E-state index is 12.5. The summed E-state index contributed by atoms with van der Waals surface area (Å²) in [6, 6.07) is 15.3. The quantitative estimate of drug-likeness (QED) is 0.566. The van der Waals surface area contributed by atoms with Gasteiger partial charge in [0.25, 0.3) is 5.91 Å². The Hall–Kier alpha value is -2.02. The molecule has 1 atom stereocenters. The van der Waals surface area contributed by atoms with Crippen LogP contribution in [0.1, 0.15) is 52.5 Å². The summed E-state index contributed by atoms with van der Waals surface area (Å²) < 4.78 is 0. The number of nitrogens with one attached hydrogen (secondary N) is 1. The molecular formula is C25H30ClN3O2S. The Kier molecular flexibility index (Phi) is 8.11. The van der Waals surface area contributed by atoms with Crippen LogP contribution in [0.2, 0.25) is 5.02 Å². The Morgan fingerprint density at radius 3 is 2.47 bits per heavy atom. The normalized spacial score (nSPS) is 19.3. The van der Waals surface area contributed by atoms with Crippen molar-refractivity contribution >= 4 is 35.2 Å². The lowest BCUT2D eigenvalue weighted by molar-refractivity contribution is -0.128. The first-order valence-electron chi connectivity index (χ1n) is 11.4. The molecule has 2 fully saturated rings. The lowest BCUT2D eigenvalue weighted by Crippen LogP contribution is -2.33. The minimum atomic E-state index is -0.0418. The first-order chi connectivity index (χ1) is 15.6. The Labute approximate surface area is 199 Å². The van der Waals surface area contributed by atoms with Crippen LogP contribution in [0.4, 0.5) is 0 Å². The second kappa shape index (κ2) is 11.2. The van der Waals surface area contributed by atoms with Crippen molar-refractivity contribution in [2.45, 2.75) is 37.6 Å². The molecule has 0 bridgehead atoms. The van der Waals surface area contributed by atoms with E-state index < -0.39 is 0 Å². The van der Waals surface area contributed by atoms with Crippen molar-refractivity contribution in [3.05, 3.63) is 70.2 Å². The molecule has 170 valence electrons. The minimum absolute atomic E-state index is 0.0386. The summed E-state index contributed by atoms with van der Waals surface area (Å²) in [5, 5.41) is 3.68. The molecule has 0 aliphatic carbocycles. The van der Waals surface area contributed by atoms with Gasteiger partial charge in [0.2, 0.25) is 5.91 Å². The molecule has 0 radical (unpaired) electrons. The van der Waals surface area contributed by atoms with Gasteiger partial charge >= 0.3 is 0 Å². The highest BCUT2D eigenvalue weighted by Crippen LogP contribution is 2.39. The van der Waals surface area contributed by atoms with E-state index in [4.69, 9.17) is 11.6 Å². The lowest BCUT2D eigenvalue weighted by atomic mass is 10.1. The van der Waals surface area contributed by atoms with Crippen LogP contribution in [0, 0.1) is 0 Å². The van der Waals surface area contributed by atoms with Crippen molar-refractivity contribution in [1.82, 2.24) is 15.1 Å². The first kappa shape index (κ1) is 23.1. The fraction of sp³-hybridized carbons (Fsp3) is 0.440. The number of piperidine rings is 1. The van der Waals surface area contributed by atoms with Gasteiger partial charge in [-0.15, -0.1) is 11.8 Å². The topological polar surface area (TPSA) is 52.7 Å². The van der Waals surface area contributed by atoms with E-state index in [9.17, 15) is 9.59 Å². The van der Waals surface area contributed by atoms with Crippen LogP contribution >= 0.6 is 23.4 Å². The minimum Gasteiger partial charge on any atom is -0.352 e. The summed E-state index contributed by atoms with van der Waals surface area (Å²) in [6.07, 6.45) is 4.90. The van der Waals surface area contributed by atoms with Crippen molar-refractivity contribution in [1.29, 1.82) is 0 Å². The Morgan fingerprint density at radius 1 is 1.03 bits per heavy atom. The molecule has 0 aromatic heterocycles. The third kappa shape index (κ3) is 6.06. The molecule has 2 aliphatic heterocycles. The number of carbonyl (C=O) groups is 2. The van der Waals surface area contributed by atoms with E-state index in [0.29, 0.717) is 29.4 Å². The van der Waals surface area contributed by atoms with E-state index in [1.54, 1.807) is 11.8 Å². The molecule has 2 aliphatic rings. The number of rotatable bonds is 8. The maximum absolute atomic E-state index is 12.5. The smallest absolute Gasteiger partial charge is 0.251 e. The maximum Gasteiger partial charge on any atom is 0.251 e. The molecule has 2 saturated heterocycles. The number of likely N-dealkylation sites (tertiary alicyclic amines) is 1. The van der Waals surface area contributed by atoms with Gasteiger partial charge in [-0.25, -0.2) is 0 Å². The number of benzene rings is 2. The number of thioether (sulfide) groups is 1. The van der Waals surface area contributed by atoms with Gasteiger partial charge in [-0.3, -0.25) is 9.59 Å². The molecular weight excluding hydrogens is 442 g/mol. The molecule has 0 unspecified atom stereocenters. The van der Waals surface area contributed by atoms with Gasteiger partial charge in [0, 0.05) is 23.7 Å². The SMILES string of the molecule is O=C(NCCCN1CCCCC1)c1ccc([C@H]2SCC(=O)N2Cc2ccc(Cl)cc2)cc1. The van der Waals surface area contributed by atoms with Crippen molar-refractivity contribution < 1.29 is 9.59 Å². The summed E-state index contributed by atoms with van der Waals surface area (Å²) in [7, 11) is 0. The number of amides is 2. The summed E-state index contributed by atoms with van der Waals surface area (Å²) in [5.74, 6) is 0.561. The molecule has 5 nitrogen and oxygen atoms in total. The van der Waals surface area contributed by atoms with Gasteiger partial charge in [0.1, 0.15) is 5.37 Å². The monoisotopic (exact) mass is 471 g/mol. The van der Waals surface area contributed by atoms with Crippen molar-refractivity contribution in [2.24, 2.45) is 0 Å². The molecule has 2 heterocycles. The molecule has 7 heteroatoms. The van der Waals surface area contributed by atoms with Crippen LogP contribution in [0.15, 0.2) is 48.5 Å². The fourth-order valence-electron chi connectivity index (χ4n) is 4.28. The van der Waals surface area contributed by atoms with E-state index in [-0.39, 0.29) is 17.2 Å². The standard InChI is InChI=1S/C25H30ClN3O2S/c26-22-11-5-19(6-12-22)17-29-23(30)18-32-25(29)21-9-7-20(8-10-21)24(31)27-13-4-16-28-14-2-1-3-15-28/h5-12,25H,1-4,13-18H2,(H,27,31)/t25-/m1/s1. The number of hydrogen-bond donors (Lipinski definition) is 1. The summed E-state index contributed by atoms with van der Waals surface area (Å²) in [6.45, 7) is 4.67. The highest BCUT2D eigenvalue weighted by atomic mass is 35.5. The van der Waals surface area contributed by atoms with Crippen molar-refractivity contribution in [3.8, 4) is 0 Å². The van der Waals surface area contributed by atoms with Crippen LogP contribution in [-0.2, 0) is 11.3 Å². The molecule has 1 N–H and O–H groups in total. The zero-order valence-corrected chi connectivity index (χ0v) is 19.8. The fourth-order valence-corrected chi connectivity index (χ4v) is 5.59. The predicted octanol–water partition coefficient (Wildman–Crippen LogP) is 4.72. The third-order valence-corrected chi connectivity index (χ3v) is 7.59. The second-order valence-corrected chi connectivity index (χ2v) is 9.95. The average Bonchev–Trinajstić information content (AvgIpc) is 3.19. The molecule has 2 aromatic rings. The van der Waals surface area contributed by atoms with E-state index >= 15 is 0 Å². The van der Waals surface area contributed by atoms with Crippen LogP contribution < -0.4 is 5.32 Å². The van der Waals surface area contributed by atoms with Gasteiger partial charge in [-0.2, -0.15) is 0 Å². The molecule has 32 heavy (non-hydrogen) atoms. The van der Waals surface area contributed by atoms with Crippen molar-refractivity contribution in [3.63, 3.8) is 0 Å². The van der Waals surface area contributed by atoms with Crippen LogP contribution in [-0.4, -0.2) is 53.5 Å².